The molecule has 162 valence electrons. The van der Waals surface area contributed by atoms with Crippen molar-refractivity contribution < 1.29 is 17.9 Å². The molecule has 0 aliphatic carbocycles. The van der Waals surface area contributed by atoms with E-state index in [0.717, 1.165) is 22.7 Å². The molecule has 30 heavy (non-hydrogen) atoms. The Kier molecular flexibility index (Phi) is 6.83. The van der Waals surface area contributed by atoms with Crippen LogP contribution in [0.25, 0.3) is 0 Å². The summed E-state index contributed by atoms with van der Waals surface area (Å²) in [6.45, 7) is 9.06. The van der Waals surface area contributed by atoms with Crippen molar-refractivity contribution in [2.75, 3.05) is 25.2 Å². The normalized spacial score (nSPS) is 17.9. The number of carbonyl (C=O) groups excluding carboxylic acids is 1. The second kappa shape index (κ2) is 9.18. The number of Topliss-reactive ketones (excluding diaryl/α,β-unsaturated/α-hetero) is 1. The molecule has 1 aromatic carbocycles. The number of methoxy groups -OCH3 is 1. The molecule has 0 radical (unpaired) electrons. The van der Waals surface area contributed by atoms with Crippen molar-refractivity contribution >= 4 is 15.6 Å². The highest BCUT2D eigenvalue weighted by Gasteiger charge is 2.33. The van der Waals surface area contributed by atoms with Crippen LogP contribution in [0.5, 0.6) is 5.75 Å². The fourth-order valence-corrected chi connectivity index (χ4v) is 5.87. The van der Waals surface area contributed by atoms with Crippen LogP contribution in [-0.2, 0) is 22.9 Å². The highest BCUT2D eigenvalue weighted by atomic mass is 32.2. The van der Waals surface area contributed by atoms with Gasteiger partial charge in [0.2, 0.25) is 0 Å². The molecule has 1 unspecified atom stereocenters. The summed E-state index contributed by atoms with van der Waals surface area (Å²) in [5, 5.41) is 0. The maximum absolute atomic E-state index is 13.2. The Labute approximate surface area is 179 Å². The third kappa shape index (κ3) is 5.02. The minimum Gasteiger partial charge on any atom is -0.497 e. The van der Waals surface area contributed by atoms with Crippen LogP contribution in [0.3, 0.4) is 0 Å². The average Bonchev–Trinajstić information content (AvgIpc) is 3.22. The van der Waals surface area contributed by atoms with Gasteiger partial charge < -0.3 is 9.30 Å². The van der Waals surface area contributed by atoms with Gasteiger partial charge in [0, 0.05) is 36.1 Å². The Morgan fingerprint density at radius 2 is 2.00 bits per heavy atom. The number of aryl methyl sites for hydroxylation is 1. The van der Waals surface area contributed by atoms with Crippen LogP contribution in [0.15, 0.2) is 43.0 Å². The zero-order valence-electron chi connectivity index (χ0n) is 17.9. The number of allylic oxidation sites excluding steroid dienone is 1. The Bertz CT molecular complexity index is 1020. The molecule has 1 saturated heterocycles. The molecule has 2 aromatic rings. The predicted molar refractivity (Wildman–Crippen MR) is 119 cm³/mol. The second-order valence-corrected chi connectivity index (χ2v) is 10.1. The highest BCUT2D eigenvalue weighted by Crippen LogP contribution is 2.23. The van der Waals surface area contributed by atoms with E-state index in [2.05, 4.69) is 11.1 Å². The van der Waals surface area contributed by atoms with E-state index in [9.17, 15) is 13.2 Å². The molecule has 1 atom stereocenters. The van der Waals surface area contributed by atoms with Crippen molar-refractivity contribution in [1.82, 2.24) is 9.47 Å². The monoisotopic (exact) mass is 430 g/mol. The van der Waals surface area contributed by atoms with E-state index in [4.69, 9.17) is 4.74 Å². The van der Waals surface area contributed by atoms with Crippen LogP contribution < -0.4 is 4.74 Å². The molecule has 0 amide bonds. The molecular weight excluding hydrogens is 400 g/mol. The Morgan fingerprint density at radius 3 is 2.57 bits per heavy atom. The van der Waals surface area contributed by atoms with Gasteiger partial charge >= 0.3 is 0 Å². The van der Waals surface area contributed by atoms with Crippen molar-refractivity contribution in [3.05, 3.63) is 65.5 Å². The second-order valence-electron chi connectivity index (χ2n) is 7.92. The fraction of sp³-hybridized carbons (Fsp3) is 0.435. The van der Waals surface area contributed by atoms with Crippen LogP contribution in [0.4, 0.5) is 0 Å². The molecule has 0 saturated carbocycles. The third-order valence-corrected chi connectivity index (χ3v) is 7.55. The summed E-state index contributed by atoms with van der Waals surface area (Å²) >= 11 is 0. The van der Waals surface area contributed by atoms with Crippen molar-refractivity contribution in [2.24, 2.45) is 0 Å². The Balaban J connectivity index is 1.83. The molecule has 7 heteroatoms. The molecule has 0 bridgehead atoms. The first-order chi connectivity index (χ1) is 14.2. The number of ether oxygens (including phenoxy) is 1. The minimum absolute atomic E-state index is 0.0104. The molecule has 0 spiro atoms. The summed E-state index contributed by atoms with van der Waals surface area (Å²) in [5.41, 5.74) is 3.64. The van der Waals surface area contributed by atoms with Gasteiger partial charge in [-0.1, -0.05) is 18.2 Å². The molecule has 2 heterocycles. The number of hydrogen-bond donors (Lipinski definition) is 0. The highest BCUT2D eigenvalue weighted by molar-refractivity contribution is 7.91. The van der Waals surface area contributed by atoms with Gasteiger partial charge in [-0.2, -0.15) is 0 Å². The first-order valence-corrected chi connectivity index (χ1v) is 11.9. The van der Waals surface area contributed by atoms with Crippen LogP contribution >= 0.6 is 0 Å². The van der Waals surface area contributed by atoms with Crippen molar-refractivity contribution in [1.29, 1.82) is 0 Å². The lowest BCUT2D eigenvalue weighted by Gasteiger charge is -2.27. The number of rotatable bonds is 9. The summed E-state index contributed by atoms with van der Waals surface area (Å²) in [7, 11) is -1.43. The predicted octanol–water partition coefficient (Wildman–Crippen LogP) is 3.17. The zero-order chi connectivity index (χ0) is 21.9. The minimum atomic E-state index is -3.05. The SMILES string of the molecule is C=CCn1c(C)cc(C(=O)CN(Cc2ccc(OC)cc2)C2CCS(=O)(=O)C2)c1C. The summed E-state index contributed by atoms with van der Waals surface area (Å²) in [6.07, 6.45) is 2.37. The van der Waals surface area contributed by atoms with Crippen LogP contribution in [0, 0.1) is 13.8 Å². The van der Waals surface area contributed by atoms with Gasteiger partial charge in [-0.15, -0.1) is 6.58 Å². The van der Waals surface area contributed by atoms with Crippen LogP contribution in [0.1, 0.15) is 33.7 Å². The summed E-state index contributed by atoms with van der Waals surface area (Å²) in [4.78, 5) is 15.2. The average molecular weight is 431 g/mol. The third-order valence-electron chi connectivity index (χ3n) is 5.80. The molecule has 1 aromatic heterocycles. The van der Waals surface area contributed by atoms with Gasteiger partial charge in [0.15, 0.2) is 15.6 Å². The van der Waals surface area contributed by atoms with Crippen molar-refractivity contribution in [3.8, 4) is 5.75 Å². The van der Waals surface area contributed by atoms with E-state index in [1.165, 1.54) is 0 Å². The van der Waals surface area contributed by atoms with Gasteiger partial charge in [-0.3, -0.25) is 9.69 Å². The maximum Gasteiger partial charge on any atom is 0.178 e. The number of carbonyl (C=O) groups is 1. The van der Waals surface area contributed by atoms with Crippen LogP contribution in [-0.4, -0.2) is 54.9 Å². The number of sulfone groups is 1. The number of aromatic nitrogens is 1. The van der Waals surface area contributed by atoms with Gasteiger partial charge in [0.25, 0.3) is 0 Å². The topological polar surface area (TPSA) is 68.6 Å². The van der Waals surface area contributed by atoms with E-state index in [1.54, 1.807) is 7.11 Å². The molecule has 1 aliphatic rings. The standard InChI is InChI=1S/C23H30N2O4S/c1-5-11-25-17(2)13-22(18(25)3)23(26)15-24(20-10-12-30(27,28)16-20)14-19-6-8-21(29-4)9-7-19/h5-9,13,20H,1,10-12,14-16H2,2-4H3. The number of nitrogens with zero attached hydrogens (tertiary/aromatic N) is 2. The lowest BCUT2D eigenvalue weighted by atomic mass is 10.1. The van der Waals surface area contributed by atoms with E-state index in [-0.39, 0.29) is 29.9 Å². The lowest BCUT2D eigenvalue weighted by Crippen LogP contribution is -2.39. The lowest BCUT2D eigenvalue weighted by molar-refractivity contribution is 0.0892. The molecule has 3 rings (SSSR count). The van der Waals surface area contributed by atoms with E-state index in [1.807, 2.05) is 55.2 Å². The number of benzene rings is 1. The van der Waals surface area contributed by atoms with E-state index in [0.29, 0.717) is 25.1 Å². The van der Waals surface area contributed by atoms with E-state index >= 15 is 0 Å². The molecule has 1 aliphatic heterocycles. The van der Waals surface area contributed by atoms with Crippen molar-refractivity contribution in [2.45, 2.75) is 39.4 Å². The van der Waals surface area contributed by atoms with Gasteiger partial charge in [0.1, 0.15) is 5.75 Å². The Morgan fingerprint density at radius 1 is 1.30 bits per heavy atom. The fourth-order valence-electron chi connectivity index (χ4n) is 4.11. The molecule has 6 nitrogen and oxygen atoms in total. The van der Waals surface area contributed by atoms with Gasteiger partial charge in [0.05, 0.1) is 25.2 Å². The molecular formula is C23H30N2O4S. The van der Waals surface area contributed by atoms with Gasteiger partial charge in [-0.25, -0.2) is 8.42 Å². The first-order valence-electron chi connectivity index (χ1n) is 10.1. The van der Waals surface area contributed by atoms with Crippen molar-refractivity contribution in [3.63, 3.8) is 0 Å². The largest absolute Gasteiger partial charge is 0.497 e. The smallest absolute Gasteiger partial charge is 0.178 e. The van der Waals surface area contributed by atoms with Gasteiger partial charge in [-0.05, 0) is 44.0 Å². The first kappa shape index (κ1) is 22.3. The molecule has 0 N–H and O–H groups in total. The maximum atomic E-state index is 13.2. The summed E-state index contributed by atoms with van der Waals surface area (Å²) in [5.74, 6) is 1.06. The quantitative estimate of drug-likeness (QED) is 0.452. The zero-order valence-corrected chi connectivity index (χ0v) is 18.7. The number of ketones is 1. The Hall–Kier alpha value is -2.38. The van der Waals surface area contributed by atoms with Crippen LogP contribution in [0.2, 0.25) is 0 Å². The molecule has 1 fully saturated rings. The van der Waals surface area contributed by atoms with E-state index < -0.39 is 9.84 Å². The summed E-state index contributed by atoms with van der Waals surface area (Å²) in [6, 6.07) is 9.43. The number of hydrogen-bond acceptors (Lipinski definition) is 5. The summed E-state index contributed by atoms with van der Waals surface area (Å²) < 4.78 is 31.4.